The molecule has 0 aliphatic heterocycles. The monoisotopic (exact) mass is 340 g/mol. The lowest BCUT2D eigenvalue weighted by Gasteiger charge is -2.21. The number of carboxylic acids is 1. The fourth-order valence-electron chi connectivity index (χ4n) is 2.53. The van der Waals surface area contributed by atoms with Gasteiger partial charge in [0.1, 0.15) is 0 Å². The van der Waals surface area contributed by atoms with Gasteiger partial charge in [0, 0.05) is 29.7 Å². The van der Waals surface area contributed by atoms with Crippen molar-refractivity contribution in [2.75, 3.05) is 0 Å². The minimum Gasteiger partial charge on any atom is -0.478 e. The second kappa shape index (κ2) is 6.68. The third-order valence-electron chi connectivity index (χ3n) is 3.65. The molecule has 1 aromatic carbocycles. The number of nitrogens with zero attached hydrogens (tertiary/aromatic N) is 2. The van der Waals surface area contributed by atoms with Gasteiger partial charge in [-0.25, -0.2) is 4.79 Å². The Bertz CT molecular complexity index is 921. The SMILES string of the molecule is O=C(O)c1ccc(=O)n([C@@H](c2ccc(Cl)cc2)c2cccnc2)c1. The molecule has 5 nitrogen and oxygen atoms in total. The highest BCUT2D eigenvalue weighted by Crippen LogP contribution is 2.26. The van der Waals surface area contributed by atoms with Crippen molar-refractivity contribution >= 4 is 17.6 Å². The zero-order valence-electron chi connectivity index (χ0n) is 12.5. The van der Waals surface area contributed by atoms with E-state index in [-0.39, 0.29) is 11.1 Å². The summed E-state index contributed by atoms with van der Waals surface area (Å²) in [5.74, 6) is -1.09. The summed E-state index contributed by atoms with van der Waals surface area (Å²) in [6.45, 7) is 0. The van der Waals surface area contributed by atoms with Crippen LogP contribution in [-0.4, -0.2) is 20.6 Å². The van der Waals surface area contributed by atoms with Gasteiger partial charge < -0.3 is 9.67 Å². The van der Waals surface area contributed by atoms with Gasteiger partial charge in [-0.1, -0.05) is 29.8 Å². The van der Waals surface area contributed by atoms with Crippen molar-refractivity contribution in [2.45, 2.75) is 6.04 Å². The third kappa shape index (κ3) is 3.21. The van der Waals surface area contributed by atoms with E-state index in [0.29, 0.717) is 5.02 Å². The van der Waals surface area contributed by atoms with Crippen LogP contribution in [0.15, 0.2) is 71.9 Å². The summed E-state index contributed by atoms with van der Waals surface area (Å²) in [5, 5.41) is 9.79. The van der Waals surface area contributed by atoms with Crippen LogP contribution in [0.5, 0.6) is 0 Å². The summed E-state index contributed by atoms with van der Waals surface area (Å²) in [7, 11) is 0. The van der Waals surface area contributed by atoms with Crippen LogP contribution in [-0.2, 0) is 0 Å². The summed E-state index contributed by atoms with van der Waals surface area (Å²) in [6.07, 6.45) is 4.63. The number of hydrogen-bond acceptors (Lipinski definition) is 3. The number of rotatable bonds is 4. The Morgan fingerprint density at radius 2 is 1.83 bits per heavy atom. The van der Waals surface area contributed by atoms with Crippen LogP contribution in [0, 0.1) is 0 Å². The molecule has 2 aromatic heterocycles. The number of carbonyl (C=O) groups is 1. The Labute approximate surface area is 142 Å². The van der Waals surface area contributed by atoms with Crippen LogP contribution in [0.1, 0.15) is 27.5 Å². The number of pyridine rings is 2. The molecule has 0 aliphatic carbocycles. The predicted octanol–water partition coefficient (Wildman–Crippen LogP) is 3.23. The molecule has 0 bridgehead atoms. The van der Waals surface area contributed by atoms with Gasteiger partial charge in [0.25, 0.3) is 5.56 Å². The summed E-state index contributed by atoms with van der Waals surface area (Å²) >= 11 is 5.95. The fraction of sp³-hybridized carbons (Fsp3) is 0.0556. The number of hydrogen-bond donors (Lipinski definition) is 1. The summed E-state index contributed by atoms with van der Waals surface area (Å²) in [4.78, 5) is 27.7. The number of aromatic nitrogens is 2. The van der Waals surface area contributed by atoms with E-state index >= 15 is 0 Å². The number of carboxylic acid groups (broad SMARTS) is 1. The smallest absolute Gasteiger partial charge is 0.337 e. The first-order chi connectivity index (χ1) is 11.6. The minimum atomic E-state index is -1.09. The Kier molecular flexibility index (Phi) is 4.44. The molecule has 6 heteroatoms. The average Bonchev–Trinajstić information content (AvgIpc) is 2.59. The molecular formula is C18H13ClN2O3. The highest BCUT2D eigenvalue weighted by molar-refractivity contribution is 6.30. The standard InChI is InChI=1S/C18H13ClN2O3/c19-15-6-3-12(4-7-15)17(13-2-1-9-20-10-13)21-11-14(18(23)24)5-8-16(21)22/h1-11,17H,(H,23,24)/t17-/m0/s1. The molecule has 0 saturated heterocycles. The van der Waals surface area contributed by atoms with Crippen LogP contribution in [0.4, 0.5) is 0 Å². The number of benzene rings is 1. The highest BCUT2D eigenvalue weighted by atomic mass is 35.5. The maximum absolute atomic E-state index is 12.4. The molecule has 120 valence electrons. The molecule has 3 rings (SSSR count). The van der Waals surface area contributed by atoms with Crippen LogP contribution in [0.2, 0.25) is 5.02 Å². The maximum atomic E-state index is 12.4. The lowest BCUT2D eigenvalue weighted by molar-refractivity contribution is 0.0695. The zero-order chi connectivity index (χ0) is 17.1. The van der Waals surface area contributed by atoms with Crippen molar-refractivity contribution in [2.24, 2.45) is 0 Å². The van der Waals surface area contributed by atoms with Crippen LogP contribution >= 0.6 is 11.6 Å². The second-order valence-corrected chi connectivity index (χ2v) is 5.65. The van der Waals surface area contributed by atoms with E-state index in [1.54, 1.807) is 42.7 Å². The van der Waals surface area contributed by atoms with Crippen molar-refractivity contribution in [1.29, 1.82) is 0 Å². The fourth-order valence-corrected chi connectivity index (χ4v) is 2.65. The van der Waals surface area contributed by atoms with E-state index in [1.165, 1.54) is 22.9 Å². The predicted molar refractivity (Wildman–Crippen MR) is 90.6 cm³/mol. The summed E-state index contributed by atoms with van der Waals surface area (Å²) in [6, 6.07) is 12.7. The van der Waals surface area contributed by atoms with Crippen molar-refractivity contribution < 1.29 is 9.90 Å². The topological polar surface area (TPSA) is 72.2 Å². The first-order valence-corrected chi connectivity index (χ1v) is 7.55. The number of halogens is 1. The van der Waals surface area contributed by atoms with Gasteiger partial charge in [-0.2, -0.15) is 0 Å². The quantitative estimate of drug-likeness (QED) is 0.791. The number of aromatic carboxylic acids is 1. The minimum absolute atomic E-state index is 0.0393. The normalized spacial score (nSPS) is 11.9. The van der Waals surface area contributed by atoms with E-state index in [9.17, 15) is 14.7 Å². The van der Waals surface area contributed by atoms with Crippen molar-refractivity contribution in [3.05, 3.63) is 99.2 Å². The molecular weight excluding hydrogens is 328 g/mol. The van der Waals surface area contributed by atoms with Gasteiger partial charge in [-0.05, 0) is 35.4 Å². The molecule has 2 heterocycles. The molecule has 0 radical (unpaired) electrons. The molecule has 0 spiro atoms. The van der Waals surface area contributed by atoms with Crippen molar-refractivity contribution in [3.63, 3.8) is 0 Å². The molecule has 0 aliphatic rings. The molecule has 0 amide bonds. The van der Waals surface area contributed by atoms with E-state index in [4.69, 9.17) is 11.6 Å². The van der Waals surface area contributed by atoms with Gasteiger partial charge in [0.15, 0.2) is 0 Å². The van der Waals surface area contributed by atoms with Crippen LogP contribution in [0.25, 0.3) is 0 Å². The van der Waals surface area contributed by atoms with E-state index < -0.39 is 12.0 Å². The molecule has 0 fully saturated rings. The third-order valence-corrected chi connectivity index (χ3v) is 3.90. The molecule has 0 saturated carbocycles. The lowest BCUT2D eigenvalue weighted by atomic mass is 9.99. The van der Waals surface area contributed by atoms with E-state index in [2.05, 4.69) is 4.98 Å². The van der Waals surface area contributed by atoms with Gasteiger partial charge in [-0.15, -0.1) is 0 Å². The van der Waals surface area contributed by atoms with Crippen LogP contribution in [0.3, 0.4) is 0 Å². The van der Waals surface area contributed by atoms with Crippen molar-refractivity contribution in [3.8, 4) is 0 Å². The van der Waals surface area contributed by atoms with Gasteiger partial charge in [-0.3, -0.25) is 9.78 Å². The maximum Gasteiger partial charge on any atom is 0.337 e. The summed E-state index contributed by atoms with van der Waals surface area (Å²) < 4.78 is 1.39. The van der Waals surface area contributed by atoms with Gasteiger partial charge in [0.2, 0.25) is 0 Å². The Balaban J connectivity index is 2.22. The summed E-state index contributed by atoms with van der Waals surface area (Å²) in [5.41, 5.74) is 1.31. The van der Waals surface area contributed by atoms with Crippen LogP contribution < -0.4 is 5.56 Å². The average molecular weight is 341 g/mol. The molecule has 0 unspecified atom stereocenters. The molecule has 24 heavy (non-hydrogen) atoms. The first kappa shape index (κ1) is 16.0. The molecule has 1 atom stereocenters. The molecule has 3 aromatic rings. The zero-order valence-corrected chi connectivity index (χ0v) is 13.2. The van der Waals surface area contributed by atoms with E-state index in [1.807, 2.05) is 6.07 Å². The van der Waals surface area contributed by atoms with Gasteiger partial charge >= 0.3 is 5.97 Å². The first-order valence-electron chi connectivity index (χ1n) is 7.17. The lowest BCUT2D eigenvalue weighted by Crippen LogP contribution is -2.26. The van der Waals surface area contributed by atoms with E-state index in [0.717, 1.165) is 11.1 Å². The van der Waals surface area contributed by atoms with Gasteiger partial charge in [0.05, 0.1) is 11.6 Å². The second-order valence-electron chi connectivity index (χ2n) is 5.21. The Morgan fingerprint density at radius 1 is 1.08 bits per heavy atom. The highest BCUT2D eigenvalue weighted by Gasteiger charge is 2.19. The Hall–Kier alpha value is -2.92. The largest absolute Gasteiger partial charge is 0.478 e. The Morgan fingerprint density at radius 3 is 2.46 bits per heavy atom. The molecule has 1 N–H and O–H groups in total. The van der Waals surface area contributed by atoms with Crippen molar-refractivity contribution in [1.82, 2.24) is 9.55 Å².